The fourth-order valence-corrected chi connectivity index (χ4v) is 2.82. The van der Waals surface area contributed by atoms with Crippen LogP contribution in [0.5, 0.6) is 0 Å². The third kappa shape index (κ3) is 3.93. The zero-order chi connectivity index (χ0) is 18.7. The topological polar surface area (TPSA) is 96.6 Å². The van der Waals surface area contributed by atoms with E-state index in [0.717, 1.165) is 24.3 Å². The van der Waals surface area contributed by atoms with Crippen molar-refractivity contribution in [3.05, 3.63) is 23.2 Å². The Kier molecular flexibility index (Phi) is 5.36. The normalized spacial score (nSPS) is 14.4. The van der Waals surface area contributed by atoms with Crippen LogP contribution >= 0.6 is 0 Å². The minimum absolute atomic E-state index is 0.162. The van der Waals surface area contributed by atoms with Crippen molar-refractivity contribution in [2.45, 2.75) is 20.3 Å². The molecule has 1 amide bonds. The molecule has 0 unspecified atom stereocenters. The van der Waals surface area contributed by atoms with Gasteiger partial charge in [0.25, 0.3) is 0 Å². The second kappa shape index (κ2) is 7.69. The van der Waals surface area contributed by atoms with Gasteiger partial charge < -0.3 is 24.4 Å². The molecule has 0 radical (unpaired) electrons. The van der Waals surface area contributed by atoms with Gasteiger partial charge in [-0.15, -0.1) is 0 Å². The molecule has 3 heterocycles. The lowest BCUT2D eigenvalue weighted by atomic mass is 10.1. The van der Waals surface area contributed by atoms with Gasteiger partial charge in [0.15, 0.2) is 5.82 Å². The first-order chi connectivity index (χ1) is 12.5. The van der Waals surface area contributed by atoms with Crippen molar-refractivity contribution < 1.29 is 14.1 Å². The molecule has 2 aromatic rings. The van der Waals surface area contributed by atoms with E-state index in [1.165, 1.54) is 0 Å². The van der Waals surface area contributed by atoms with Gasteiger partial charge in [0.1, 0.15) is 11.4 Å². The SMILES string of the molecule is Cc1noc(C)c1CC(=O)Nc1cnc(N2CCOCC2)nc1N(C)C. The minimum Gasteiger partial charge on any atom is -0.378 e. The van der Waals surface area contributed by atoms with Crippen LogP contribution in [-0.2, 0) is 16.0 Å². The Bertz CT molecular complexity index is 763. The number of rotatable bonds is 5. The zero-order valence-electron chi connectivity index (χ0n) is 15.6. The first-order valence-electron chi connectivity index (χ1n) is 8.54. The Labute approximate surface area is 152 Å². The van der Waals surface area contributed by atoms with Gasteiger partial charge in [0, 0.05) is 32.7 Å². The fraction of sp³-hybridized carbons (Fsp3) is 0.529. The molecule has 140 valence electrons. The highest BCUT2D eigenvalue weighted by Crippen LogP contribution is 2.24. The summed E-state index contributed by atoms with van der Waals surface area (Å²) in [5, 5.41) is 6.78. The standard InChI is InChI=1S/C17H24N6O3/c1-11-13(12(2)26-21-11)9-15(24)19-14-10-18-17(20-16(14)22(3)4)23-5-7-25-8-6-23/h10H,5-9H2,1-4H3,(H,19,24). The summed E-state index contributed by atoms with van der Waals surface area (Å²) in [6, 6.07) is 0. The number of carbonyl (C=O) groups excluding carboxylic acids is 1. The summed E-state index contributed by atoms with van der Waals surface area (Å²) < 4.78 is 10.5. The highest BCUT2D eigenvalue weighted by Gasteiger charge is 2.19. The number of ether oxygens (including phenoxy) is 1. The Morgan fingerprint density at radius 1 is 1.31 bits per heavy atom. The van der Waals surface area contributed by atoms with Crippen LogP contribution in [-0.4, -0.2) is 61.4 Å². The molecule has 0 aromatic carbocycles. The molecule has 1 fully saturated rings. The molecular formula is C17H24N6O3. The van der Waals surface area contributed by atoms with Crippen molar-refractivity contribution in [1.29, 1.82) is 0 Å². The molecule has 3 rings (SSSR count). The average molecular weight is 360 g/mol. The van der Waals surface area contributed by atoms with E-state index >= 15 is 0 Å². The number of hydrogen-bond acceptors (Lipinski definition) is 8. The van der Waals surface area contributed by atoms with E-state index in [-0.39, 0.29) is 12.3 Å². The summed E-state index contributed by atoms with van der Waals surface area (Å²) in [6.45, 7) is 6.46. The largest absolute Gasteiger partial charge is 0.378 e. The van der Waals surface area contributed by atoms with Gasteiger partial charge in [-0.2, -0.15) is 4.98 Å². The first kappa shape index (κ1) is 18.1. The van der Waals surface area contributed by atoms with Crippen molar-refractivity contribution >= 4 is 23.4 Å². The lowest BCUT2D eigenvalue weighted by molar-refractivity contribution is -0.115. The predicted octanol–water partition coefficient (Wildman–Crippen LogP) is 1.17. The van der Waals surface area contributed by atoms with Gasteiger partial charge >= 0.3 is 0 Å². The maximum atomic E-state index is 12.5. The van der Waals surface area contributed by atoms with Gasteiger partial charge in [-0.05, 0) is 13.8 Å². The molecule has 1 saturated heterocycles. The van der Waals surface area contributed by atoms with Crippen LogP contribution in [0.2, 0.25) is 0 Å². The number of aromatic nitrogens is 3. The van der Waals surface area contributed by atoms with E-state index in [4.69, 9.17) is 9.26 Å². The van der Waals surface area contributed by atoms with E-state index in [9.17, 15) is 4.79 Å². The smallest absolute Gasteiger partial charge is 0.229 e. The maximum absolute atomic E-state index is 12.5. The molecule has 0 saturated carbocycles. The fourth-order valence-electron chi connectivity index (χ4n) is 2.82. The second-order valence-electron chi connectivity index (χ2n) is 6.43. The van der Waals surface area contributed by atoms with Crippen LogP contribution in [0.1, 0.15) is 17.0 Å². The van der Waals surface area contributed by atoms with Crippen LogP contribution in [0.4, 0.5) is 17.5 Å². The number of anilines is 3. The monoisotopic (exact) mass is 360 g/mol. The molecule has 1 N–H and O–H groups in total. The van der Waals surface area contributed by atoms with Crippen molar-refractivity contribution in [3.63, 3.8) is 0 Å². The lowest BCUT2D eigenvalue weighted by Crippen LogP contribution is -2.37. The van der Waals surface area contributed by atoms with Crippen molar-refractivity contribution in [2.75, 3.05) is 55.5 Å². The van der Waals surface area contributed by atoms with Crippen LogP contribution in [0.15, 0.2) is 10.7 Å². The molecule has 0 aliphatic carbocycles. The number of nitrogens with one attached hydrogen (secondary N) is 1. The zero-order valence-corrected chi connectivity index (χ0v) is 15.6. The maximum Gasteiger partial charge on any atom is 0.229 e. The number of nitrogens with zero attached hydrogens (tertiary/aromatic N) is 5. The highest BCUT2D eigenvalue weighted by molar-refractivity contribution is 5.95. The predicted molar refractivity (Wildman–Crippen MR) is 97.7 cm³/mol. The molecule has 26 heavy (non-hydrogen) atoms. The van der Waals surface area contributed by atoms with E-state index < -0.39 is 0 Å². The van der Waals surface area contributed by atoms with Gasteiger partial charge in [-0.1, -0.05) is 5.16 Å². The Balaban J connectivity index is 1.77. The van der Waals surface area contributed by atoms with Crippen LogP contribution in [0.3, 0.4) is 0 Å². The van der Waals surface area contributed by atoms with Crippen molar-refractivity contribution in [2.24, 2.45) is 0 Å². The van der Waals surface area contributed by atoms with Crippen molar-refractivity contribution in [3.8, 4) is 0 Å². The van der Waals surface area contributed by atoms with Crippen LogP contribution < -0.4 is 15.1 Å². The summed E-state index contributed by atoms with van der Waals surface area (Å²) in [5.74, 6) is 1.80. The molecule has 1 aliphatic heterocycles. The Morgan fingerprint density at radius 2 is 2.04 bits per heavy atom. The lowest BCUT2D eigenvalue weighted by Gasteiger charge is -2.28. The Morgan fingerprint density at radius 3 is 2.65 bits per heavy atom. The molecular weight excluding hydrogens is 336 g/mol. The molecule has 9 nitrogen and oxygen atoms in total. The van der Waals surface area contributed by atoms with Crippen LogP contribution in [0, 0.1) is 13.8 Å². The number of carbonyl (C=O) groups is 1. The first-order valence-corrected chi connectivity index (χ1v) is 8.54. The minimum atomic E-state index is -0.162. The number of aryl methyl sites for hydroxylation is 2. The van der Waals surface area contributed by atoms with Gasteiger partial charge in [-0.25, -0.2) is 4.98 Å². The summed E-state index contributed by atoms with van der Waals surface area (Å²) >= 11 is 0. The van der Waals surface area contributed by atoms with E-state index in [1.54, 1.807) is 13.1 Å². The van der Waals surface area contributed by atoms with Gasteiger partial charge in [0.05, 0.1) is 31.5 Å². The van der Waals surface area contributed by atoms with E-state index in [1.807, 2.05) is 25.9 Å². The summed E-state index contributed by atoms with van der Waals surface area (Å²) in [4.78, 5) is 25.4. The molecule has 0 atom stereocenters. The molecule has 1 aliphatic rings. The molecule has 2 aromatic heterocycles. The summed E-state index contributed by atoms with van der Waals surface area (Å²) in [7, 11) is 3.77. The highest BCUT2D eigenvalue weighted by atomic mass is 16.5. The number of morpholine rings is 1. The second-order valence-corrected chi connectivity index (χ2v) is 6.43. The molecule has 0 bridgehead atoms. The molecule has 9 heteroatoms. The van der Waals surface area contributed by atoms with E-state index in [0.29, 0.717) is 36.4 Å². The van der Waals surface area contributed by atoms with Crippen LogP contribution in [0.25, 0.3) is 0 Å². The summed E-state index contributed by atoms with van der Waals surface area (Å²) in [6.07, 6.45) is 1.84. The number of amides is 1. The molecule has 0 spiro atoms. The Hall–Kier alpha value is -2.68. The number of hydrogen-bond donors (Lipinski definition) is 1. The third-order valence-electron chi connectivity index (χ3n) is 4.27. The summed E-state index contributed by atoms with van der Waals surface area (Å²) in [5.41, 5.74) is 2.10. The van der Waals surface area contributed by atoms with Gasteiger partial charge in [0.2, 0.25) is 11.9 Å². The average Bonchev–Trinajstić information content (AvgIpc) is 2.94. The quantitative estimate of drug-likeness (QED) is 0.849. The van der Waals surface area contributed by atoms with Crippen molar-refractivity contribution in [1.82, 2.24) is 15.1 Å². The van der Waals surface area contributed by atoms with E-state index in [2.05, 4.69) is 25.3 Å². The third-order valence-corrected chi connectivity index (χ3v) is 4.27. The van der Waals surface area contributed by atoms with Gasteiger partial charge in [-0.3, -0.25) is 4.79 Å².